The molecule has 0 aromatic rings. The first-order valence-corrected chi connectivity index (χ1v) is 6.26. The number of nitrogens with one attached hydrogen (secondary N) is 1. The number of rotatable bonds is 0. The number of allylic oxidation sites excluding steroid dienone is 2. The van der Waals surface area contributed by atoms with Crippen LogP contribution in [0.15, 0.2) is 23.4 Å². The van der Waals surface area contributed by atoms with E-state index >= 15 is 0 Å². The summed E-state index contributed by atoms with van der Waals surface area (Å²) in [6.45, 7) is 0.855. The molecule has 0 aromatic carbocycles. The second-order valence-electron chi connectivity index (χ2n) is 5.40. The lowest BCUT2D eigenvalue weighted by Crippen LogP contribution is -2.39. The molecule has 1 amide bonds. The monoisotopic (exact) mass is 216 g/mol. The molecule has 1 spiro atoms. The molecule has 16 heavy (non-hydrogen) atoms. The highest BCUT2D eigenvalue weighted by atomic mass is 16.2. The zero-order valence-corrected chi connectivity index (χ0v) is 9.33. The molecule has 0 radical (unpaired) electrons. The average molecular weight is 216 g/mol. The van der Waals surface area contributed by atoms with E-state index in [1.54, 1.807) is 0 Å². The minimum absolute atomic E-state index is 0.146. The molecule has 3 nitrogen and oxygen atoms in total. The van der Waals surface area contributed by atoms with Gasteiger partial charge in [0.25, 0.3) is 0 Å². The second-order valence-corrected chi connectivity index (χ2v) is 5.40. The molecule has 2 atom stereocenters. The van der Waals surface area contributed by atoms with E-state index in [1.807, 2.05) is 0 Å². The highest BCUT2D eigenvalue weighted by Crippen LogP contribution is 2.56. The zero-order valence-electron chi connectivity index (χ0n) is 9.33. The number of amides is 1. The molecule has 2 heterocycles. The van der Waals surface area contributed by atoms with Crippen molar-refractivity contribution in [2.45, 2.75) is 43.7 Å². The number of hydrogen-bond donors (Lipinski definition) is 1. The predicted octanol–water partition coefficient (Wildman–Crippen LogP) is 1.33. The Labute approximate surface area is 95.2 Å². The molecule has 84 valence electrons. The van der Waals surface area contributed by atoms with Crippen LogP contribution in [0, 0.1) is 0 Å². The van der Waals surface area contributed by atoms with Crippen molar-refractivity contribution in [3.05, 3.63) is 23.4 Å². The smallest absolute Gasteiger partial charge is 0.228 e. The molecule has 2 aliphatic carbocycles. The lowest BCUT2D eigenvalue weighted by molar-refractivity contribution is -0.130. The molecule has 1 saturated carbocycles. The Kier molecular flexibility index (Phi) is 1.56. The van der Waals surface area contributed by atoms with Crippen LogP contribution in [-0.4, -0.2) is 28.9 Å². The van der Waals surface area contributed by atoms with Gasteiger partial charge in [0.1, 0.15) is 0 Å². The number of carbonyl (C=O) groups excluding carboxylic acids is 1. The van der Waals surface area contributed by atoms with Crippen LogP contribution in [0.25, 0.3) is 0 Å². The third kappa shape index (κ3) is 0.950. The SMILES string of the molecule is O=C1CCN[C@@H]2CC23CC2=C(C=CCC2)N13. The Bertz CT molecular complexity index is 437. The quantitative estimate of drug-likeness (QED) is 0.662. The number of fused-ring (bicyclic) bond motifs is 1. The fourth-order valence-corrected chi connectivity index (χ4v) is 3.65. The molecule has 1 N–H and O–H groups in total. The highest BCUT2D eigenvalue weighted by Gasteiger charge is 2.64. The van der Waals surface area contributed by atoms with Crippen LogP contribution in [0.1, 0.15) is 32.1 Å². The first-order chi connectivity index (χ1) is 7.81. The third-order valence-corrected chi connectivity index (χ3v) is 4.48. The maximum Gasteiger partial charge on any atom is 0.228 e. The van der Waals surface area contributed by atoms with Crippen molar-refractivity contribution in [3.63, 3.8) is 0 Å². The molecule has 1 unspecified atom stereocenters. The van der Waals surface area contributed by atoms with Crippen molar-refractivity contribution in [1.29, 1.82) is 0 Å². The summed E-state index contributed by atoms with van der Waals surface area (Å²) in [4.78, 5) is 14.3. The largest absolute Gasteiger partial charge is 0.311 e. The van der Waals surface area contributed by atoms with Gasteiger partial charge in [0.05, 0.1) is 5.54 Å². The molecule has 0 bridgehead atoms. The van der Waals surface area contributed by atoms with Crippen LogP contribution in [0.2, 0.25) is 0 Å². The van der Waals surface area contributed by atoms with E-state index < -0.39 is 0 Å². The summed E-state index contributed by atoms with van der Waals surface area (Å²) in [5, 5.41) is 3.51. The van der Waals surface area contributed by atoms with Gasteiger partial charge in [0.15, 0.2) is 0 Å². The summed E-state index contributed by atoms with van der Waals surface area (Å²) < 4.78 is 0. The van der Waals surface area contributed by atoms with Gasteiger partial charge in [-0.3, -0.25) is 4.79 Å². The molecule has 2 fully saturated rings. The second kappa shape index (κ2) is 2.77. The van der Waals surface area contributed by atoms with E-state index in [9.17, 15) is 4.79 Å². The van der Waals surface area contributed by atoms with Gasteiger partial charge in [0.2, 0.25) is 5.91 Å². The Hall–Kier alpha value is -1.09. The van der Waals surface area contributed by atoms with Crippen molar-refractivity contribution in [2.24, 2.45) is 0 Å². The van der Waals surface area contributed by atoms with Gasteiger partial charge in [-0.25, -0.2) is 0 Å². The van der Waals surface area contributed by atoms with Crippen LogP contribution in [0.3, 0.4) is 0 Å². The summed E-state index contributed by atoms with van der Waals surface area (Å²) in [5.74, 6) is 0.323. The van der Waals surface area contributed by atoms with Crippen molar-refractivity contribution < 1.29 is 4.79 Å². The third-order valence-electron chi connectivity index (χ3n) is 4.48. The van der Waals surface area contributed by atoms with Crippen molar-refractivity contribution >= 4 is 5.91 Å². The van der Waals surface area contributed by atoms with Gasteiger partial charge < -0.3 is 10.2 Å². The summed E-state index contributed by atoms with van der Waals surface area (Å²) in [6.07, 6.45) is 9.62. The van der Waals surface area contributed by atoms with Gasteiger partial charge in [0, 0.05) is 24.7 Å². The minimum Gasteiger partial charge on any atom is -0.311 e. The number of carbonyl (C=O) groups is 1. The van der Waals surface area contributed by atoms with E-state index in [4.69, 9.17) is 0 Å². The van der Waals surface area contributed by atoms with Crippen LogP contribution in [0.5, 0.6) is 0 Å². The fraction of sp³-hybridized carbons (Fsp3) is 0.615. The molecule has 4 rings (SSSR count). The zero-order chi connectivity index (χ0) is 10.8. The summed E-state index contributed by atoms with van der Waals surface area (Å²) in [6, 6.07) is 0.554. The van der Waals surface area contributed by atoms with Gasteiger partial charge in [-0.05, 0) is 37.3 Å². The highest BCUT2D eigenvalue weighted by molar-refractivity contribution is 5.82. The topological polar surface area (TPSA) is 32.3 Å². The van der Waals surface area contributed by atoms with Crippen molar-refractivity contribution in [1.82, 2.24) is 10.2 Å². The molecular weight excluding hydrogens is 200 g/mol. The van der Waals surface area contributed by atoms with Gasteiger partial charge in [-0.15, -0.1) is 0 Å². The van der Waals surface area contributed by atoms with Crippen molar-refractivity contribution in [2.75, 3.05) is 6.54 Å². The van der Waals surface area contributed by atoms with E-state index in [0.29, 0.717) is 18.4 Å². The Morgan fingerprint density at radius 3 is 3.31 bits per heavy atom. The number of hydrogen-bond acceptors (Lipinski definition) is 2. The van der Waals surface area contributed by atoms with Crippen LogP contribution in [0.4, 0.5) is 0 Å². The standard InChI is InChI=1S/C13H16N2O/c16-12-5-6-14-11-8-13(11)7-9-3-1-2-4-10(9)15(12)13/h2,4,11,14H,1,3,5-8H2/t11-,13?/m1/s1. The average Bonchev–Trinajstić information content (AvgIpc) is 2.86. The van der Waals surface area contributed by atoms with Gasteiger partial charge in [-0.1, -0.05) is 6.08 Å². The lowest BCUT2D eigenvalue weighted by Gasteiger charge is -2.26. The Balaban J connectivity index is 1.80. The summed E-state index contributed by atoms with van der Waals surface area (Å²) >= 11 is 0. The van der Waals surface area contributed by atoms with E-state index in [0.717, 1.165) is 32.2 Å². The van der Waals surface area contributed by atoms with E-state index in [1.165, 1.54) is 11.3 Å². The normalized spacial score (nSPS) is 40.4. The first-order valence-electron chi connectivity index (χ1n) is 6.26. The molecule has 2 aliphatic heterocycles. The molecule has 1 saturated heterocycles. The van der Waals surface area contributed by atoms with Crippen LogP contribution in [-0.2, 0) is 4.79 Å². The lowest BCUT2D eigenvalue weighted by atomic mass is 10.00. The Morgan fingerprint density at radius 2 is 2.38 bits per heavy atom. The van der Waals surface area contributed by atoms with Crippen LogP contribution >= 0.6 is 0 Å². The summed E-state index contributed by atoms with van der Waals surface area (Å²) in [7, 11) is 0. The first kappa shape index (κ1) is 8.99. The van der Waals surface area contributed by atoms with Gasteiger partial charge >= 0.3 is 0 Å². The van der Waals surface area contributed by atoms with Crippen molar-refractivity contribution in [3.8, 4) is 0 Å². The van der Waals surface area contributed by atoms with E-state index in [-0.39, 0.29) is 5.54 Å². The molecule has 3 heteroatoms. The molecule has 0 aromatic heterocycles. The maximum atomic E-state index is 12.2. The maximum absolute atomic E-state index is 12.2. The summed E-state index contributed by atoms with van der Waals surface area (Å²) in [5.41, 5.74) is 2.90. The number of nitrogens with zero attached hydrogens (tertiary/aromatic N) is 1. The molecular formula is C13H16N2O. The fourth-order valence-electron chi connectivity index (χ4n) is 3.65. The van der Waals surface area contributed by atoms with Crippen LogP contribution < -0.4 is 5.32 Å². The van der Waals surface area contributed by atoms with E-state index in [2.05, 4.69) is 22.4 Å². The molecule has 4 aliphatic rings. The minimum atomic E-state index is 0.146. The van der Waals surface area contributed by atoms with Gasteiger partial charge in [-0.2, -0.15) is 0 Å². The predicted molar refractivity (Wildman–Crippen MR) is 60.6 cm³/mol. The Morgan fingerprint density at radius 1 is 1.44 bits per heavy atom.